The number of aromatic nitrogens is 2. The summed E-state index contributed by atoms with van der Waals surface area (Å²) < 4.78 is 5.53. The summed E-state index contributed by atoms with van der Waals surface area (Å²) in [4.78, 5) is 19.1. The quantitative estimate of drug-likeness (QED) is 0.504. The van der Waals surface area contributed by atoms with Crippen molar-refractivity contribution in [1.82, 2.24) is 9.97 Å². The highest BCUT2D eigenvalue weighted by Crippen LogP contribution is 2.18. The first-order valence-electron chi connectivity index (χ1n) is 6.11. The van der Waals surface area contributed by atoms with Gasteiger partial charge in [0.05, 0.1) is 12.1 Å². The molecular weight excluding hydrogens is 278 g/mol. The highest BCUT2D eigenvalue weighted by atomic mass is 35.5. The highest BCUT2D eigenvalue weighted by molar-refractivity contribution is 6.32. The molecule has 0 spiro atoms. The van der Waals surface area contributed by atoms with Gasteiger partial charge in [0.25, 0.3) is 0 Å². The number of hydrogen-bond acceptors (Lipinski definition) is 5. The van der Waals surface area contributed by atoms with Gasteiger partial charge in [0.1, 0.15) is 29.2 Å². The maximum absolute atomic E-state index is 11.0. The number of aryl methyl sites for hydroxylation is 1. The summed E-state index contributed by atoms with van der Waals surface area (Å²) in [7, 11) is 0. The van der Waals surface area contributed by atoms with Gasteiger partial charge in [-0.2, -0.15) is 0 Å². The van der Waals surface area contributed by atoms with Crippen LogP contribution in [-0.2, 0) is 0 Å². The lowest BCUT2D eigenvalue weighted by Crippen LogP contribution is -2.14. The number of nitrogens with zero attached hydrogens (tertiary/aromatic N) is 2. The van der Waals surface area contributed by atoms with E-state index in [1.807, 2.05) is 30.3 Å². The number of aldehydes is 1. The van der Waals surface area contributed by atoms with E-state index in [1.54, 1.807) is 6.92 Å². The predicted octanol–water partition coefficient (Wildman–Crippen LogP) is 2.74. The number of nitrogens with one attached hydrogen (secondary N) is 1. The van der Waals surface area contributed by atoms with E-state index in [0.717, 1.165) is 5.75 Å². The van der Waals surface area contributed by atoms with E-state index >= 15 is 0 Å². The van der Waals surface area contributed by atoms with Crippen molar-refractivity contribution in [3.8, 4) is 5.75 Å². The Kier molecular flexibility index (Phi) is 4.90. The lowest BCUT2D eigenvalue weighted by atomic mass is 10.3. The Bertz CT molecular complexity index is 590. The number of benzene rings is 1. The third-order valence-electron chi connectivity index (χ3n) is 2.54. The van der Waals surface area contributed by atoms with E-state index in [-0.39, 0.29) is 10.7 Å². The molecule has 20 heavy (non-hydrogen) atoms. The average molecular weight is 292 g/mol. The van der Waals surface area contributed by atoms with Crippen molar-refractivity contribution in [3.63, 3.8) is 0 Å². The fraction of sp³-hybridized carbons (Fsp3) is 0.214. The summed E-state index contributed by atoms with van der Waals surface area (Å²) in [5.74, 6) is 1.73. The fourth-order valence-electron chi connectivity index (χ4n) is 1.64. The molecule has 0 bridgehead atoms. The van der Waals surface area contributed by atoms with Gasteiger partial charge < -0.3 is 10.1 Å². The lowest BCUT2D eigenvalue weighted by Gasteiger charge is -2.10. The molecule has 1 aromatic carbocycles. The zero-order valence-corrected chi connectivity index (χ0v) is 11.7. The largest absolute Gasteiger partial charge is 0.492 e. The van der Waals surface area contributed by atoms with E-state index in [4.69, 9.17) is 16.3 Å². The van der Waals surface area contributed by atoms with Crippen LogP contribution in [0, 0.1) is 6.92 Å². The smallest absolute Gasteiger partial charge is 0.156 e. The highest BCUT2D eigenvalue weighted by Gasteiger charge is 2.10. The molecule has 2 aromatic rings. The maximum atomic E-state index is 11.0. The minimum absolute atomic E-state index is 0.152. The molecule has 0 amide bonds. The Balaban J connectivity index is 1.93. The Morgan fingerprint density at radius 2 is 2.05 bits per heavy atom. The van der Waals surface area contributed by atoms with E-state index in [1.165, 1.54) is 0 Å². The molecule has 6 heteroatoms. The van der Waals surface area contributed by atoms with Gasteiger partial charge in [0, 0.05) is 0 Å². The molecule has 0 saturated heterocycles. The number of carbonyl (C=O) groups is 1. The molecule has 2 rings (SSSR count). The normalized spacial score (nSPS) is 10.1. The predicted molar refractivity (Wildman–Crippen MR) is 77.6 cm³/mol. The van der Waals surface area contributed by atoms with Gasteiger partial charge in [-0.1, -0.05) is 29.8 Å². The van der Waals surface area contributed by atoms with E-state index in [2.05, 4.69) is 15.3 Å². The molecule has 0 aliphatic carbocycles. The van der Waals surface area contributed by atoms with Gasteiger partial charge in [-0.15, -0.1) is 0 Å². The number of hydrogen-bond donors (Lipinski definition) is 1. The first kappa shape index (κ1) is 14.3. The second kappa shape index (κ2) is 6.86. The molecule has 0 aliphatic rings. The molecule has 0 atom stereocenters. The molecular formula is C14H14ClN3O2. The number of halogens is 1. The van der Waals surface area contributed by atoms with Gasteiger partial charge in [-0.3, -0.25) is 4.79 Å². The SMILES string of the molecule is Cc1nc(Cl)c(C=O)c(NCCOc2ccccc2)n1. The first-order chi connectivity index (χ1) is 9.70. The van der Waals surface area contributed by atoms with Crippen molar-refractivity contribution in [2.24, 2.45) is 0 Å². The monoisotopic (exact) mass is 291 g/mol. The zero-order chi connectivity index (χ0) is 14.4. The van der Waals surface area contributed by atoms with Crippen molar-refractivity contribution in [2.75, 3.05) is 18.5 Å². The number of ether oxygens (including phenoxy) is 1. The fourth-order valence-corrected chi connectivity index (χ4v) is 1.90. The molecule has 1 heterocycles. The Labute approximate surface area is 122 Å². The summed E-state index contributed by atoms with van der Waals surface area (Å²) >= 11 is 5.89. The molecule has 1 N–H and O–H groups in total. The maximum Gasteiger partial charge on any atom is 0.156 e. The van der Waals surface area contributed by atoms with Gasteiger partial charge in [-0.05, 0) is 19.1 Å². The third kappa shape index (κ3) is 3.68. The van der Waals surface area contributed by atoms with Crippen LogP contribution < -0.4 is 10.1 Å². The van der Waals surface area contributed by atoms with Crippen LogP contribution in [0.2, 0.25) is 5.15 Å². The number of para-hydroxylation sites is 1. The van der Waals surface area contributed by atoms with E-state index < -0.39 is 0 Å². The third-order valence-corrected chi connectivity index (χ3v) is 2.82. The Hall–Kier alpha value is -2.14. The van der Waals surface area contributed by atoms with Crippen LogP contribution in [0.15, 0.2) is 30.3 Å². The van der Waals surface area contributed by atoms with Crippen LogP contribution in [0.5, 0.6) is 5.75 Å². The standard InChI is InChI=1S/C14H14ClN3O2/c1-10-17-13(15)12(9-19)14(18-10)16-7-8-20-11-5-3-2-4-6-11/h2-6,9H,7-8H2,1H3,(H,16,17,18). The summed E-state index contributed by atoms with van der Waals surface area (Å²) in [6, 6.07) is 9.49. The van der Waals surface area contributed by atoms with E-state index in [0.29, 0.717) is 31.1 Å². The summed E-state index contributed by atoms with van der Waals surface area (Å²) in [6.45, 7) is 2.66. The molecule has 104 valence electrons. The Morgan fingerprint density at radius 1 is 1.30 bits per heavy atom. The molecule has 0 unspecified atom stereocenters. The second-order valence-corrected chi connectivity index (χ2v) is 4.39. The van der Waals surface area contributed by atoms with Crippen molar-refractivity contribution < 1.29 is 9.53 Å². The molecule has 1 aromatic heterocycles. The van der Waals surface area contributed by atoms with Crippen molar-refractivity contribution in [2.45, 2.75) is 6.92 Å². The first-order valence-corrected chi connectivity index (χ1v) is 6.49. The van der Waals surface area contributed by atoms with Crippen LogP contribution >= 0.6 is 11.6 Å². The topological polar surface area (TPSA) is 64.1 Å². The molecule has 5 nitrogen and oxygen atoms in total. The second-order valence-electron chi connectivity index (χ2n) is 4.03. The minimum atomic E-state index is 0.152. The Morgan fingerprint density at radius 3 is 2.75 bits per heavy atom. The van der Waals surface area contributed by atoms with Gasteiger partial charge in [0.15, 0.2) is 6.29 Å². The molecule has 0 saturated carbocycles. The van der Waals surface area contributed by atoms with Gasteiger partial charge in [0.2, 0.25) is 0 Å². The number of rotatable bonds is 6. The van der Waals surface area contributed by atoms with Crippen LogP contribution in [-0.4, -0.2) is 29.4 Å². The zero-order valence-electron chi connectivity index (χ0n) is 11.0. The van der Waals surface area contributed by atoms with Crippen LogP contribution in [0.3, 0.4) is 0 Å². The average Bonchev–Trinajstić information content (AvgIpc) is 2.44. The van der Waals surface area contributed by atoms with Crippen LogP contribution in [0.25, 0.3) is 0 Å². The molecule has 0 radical (unpaired) electrons. The van der Waals surface area contributed by atoms with Crippen LogP contribution in [0.4, 0.5) is 5.82 Å². The summed E-state index contributed by atoms with van der Waals surface area (Å²) in [5, 5.41) is 3.18. The lowest BCUT2D eigenvalue weighted by molar-refractivity contribution is 0.112. The molecule has 0 fully saturated rings. The van der Waals surface area contributed by atoms with Crippen molar-refractivity contribution >= 4 is 23.7 Å². The number of carbonyl (C=O) groups excluding carboxylic acids is 1. The number of anilines is 1. The minimum Gasteiger partial charge on any atom is -0.492 e. The van der Waals surface area contributed by atoms with Crippen molar-refractivity contribution in [1.29, 1.82) is 0 Å². The van der Waals surface area contributed by atoms with Crippen molar-refractivity contribution in [3.05, 3.63) is 46.9 Å². The summed E-state index contributed by atoms with van der Waals surface area (Å²) in [5.41, 5.74) is 0.261. The van der Waals surface area contributed by atoms with Crippen LogP contribution in [0.1, 0.15) is 16.2 Å². The van der Waals surface area contributed by atoms with Gasteiger partial charge >= 0.3 is 0 Å². The van der Waals surface area contributed by atoms with Gasteiger partial charge in [-0.25, -0.2) is 9.97 Å². The van der Waals surface area contributed by atoms with E-state index in [9.17, 15) is 4.79 Å². The summed E-state index contributed by atoms with van der Waals surface area (Å²) in [6.07, 6.45) is 0.641. The molecule has 0 aliphatic heterocycles.